The predicted octanol–water partition coefficient (Wildman–Crippen LogP) is 2.74. The number of nitrogens with zero attached hydrogens (tertiary/aromatic N) is 1. The number of piperidine rings is 1. The summed E-state index contributed by atoms with van der Waals surface area (Å²) in [6, 6.07) is 0. The zero-order chi connectivity index (χ0) is 12.0. The van der Waals surface area contributed by atoms with Crippen LogP contribution in [0.3, 0.4) is 0 Å². The molecule has 1 N–H and O–H groups in total. The number of rotatable bonds is 5. The van der Waals surface area contributed by atoms with E-state index in [-0.39, 0.29) is 0 Å². The average Bonchev–Trinajstić information content (AvgIpc) is 2.24. The molecule has 16 heavy (non-hydrogen) atoms. The molecule has 1 heterocycles. The number of hydrogen-bond acceptors (Lipinski definition) is 2. The summed E-state index contributed by atoms with van der Waals surface area (Å²) in [6.07, 6.45) is 5.47. The van der Waals surface area contributed by atoms with Crippen LogP contribution in [0.1, 0.15) is 46.5 Å². The maximum atomic E-state index is 3.50. The summed E-state index contributed by atoms with van der Waals surface area (Å²) >= 11 is 0. The molecule has 2 heteroatoms. The highest BCUT2D eigenvalue weighted by atomic mass is 15.1. The largest absolute Gasteiger partial charge is 0.316 e. The van der Waals surface area contributed by atoms with Gasteiger partial charge in [0, 0.05) is 0 Å². The third-order valence-electron chi connectivity index (χ3n) is 3.56. The Morgan fingerprint density at radius 3 is 2.56 bits per heavy atom. The van der Waals surface area contributed by atoms with Gasteiger partial charge in [-0.05, 0) is 70.2 Å². The second-order valence-electron chi connectivity index (χ2n) is 6.61. The Hall–Kier alpha value is -0.0800. The molecule has 0 aromatic rings. The molecule has 0 saturated carbocycles. The van der Waals surface area contributed by atoms with Crippen LogP contribution in [0.2, 0.25) is 0 Å². The Labute approximate surface area is 102 Å². The zero-order valence-corrected chi connectivity index (χ0v) is 11.7. The van der Waals surface area contributed by atoms with Crippen molar-refractivity contribution in [2.24, 2.45) is 11.3 Å². The van der Waals surface area contributed by atoms with Crippen molar-refractivity contribution in [3.05, 3.63) is 0 Å². The van der Waals surface area contributed by atoms with Crippen LogP contribution in [0.4, 0.5) is 0 Å². The summed E-state index contributed by atoms with van der Waals surface area (Å²) in [5.74, 6) is 0.922. The Kier molecular flexibility index (Phi) is 5.77. The molecule has 0 aliphatic carbocycles. The quantitative estimate of drug-likeness (QED) is 0.775. The molecule has 1 saturated heterocycles. The maximum absolute atomic E-state index is 3.50. The third-order valence-corrected chi connectivity index (χ3v) is 3.56. The summed E-state index contributed by atoms with van der Waals surface area (Å²) in [6.45, 7) is 12.0. The Morgan fingerprint density at radius 1 is 1.25 bits per heavy atom. The van der Waals surface area contributed by atoms with Gasteiger partial charge in [-0.3, -0.25) is 0 Å². The number of nitrogens with one attached hydrogen (secondary N) is 1. The second kappa shape index (κ2) is 6.61. The summed E-state index contributed by atoms with van der Waals surface area (Å²) in [5.41, 5.74) is 0.473. The second-order valence-corrected chi connectivity index (χ2v) is 6.61. The summed E-state index contributed by atoms with van der Waals surface area (Å²) in [5, 5.41) is 3.50. The van der Waals surface area contributed by atoms with Gasteiger partial charge < -0.3 is 10.2 Å². The molecule has 0 amide bonds. The van der Waals surface area contributed by atoms with Gasteiger partial charge in [0.2, 0.25) is 0 Å². The molecule has 0 radical (unpaired) electrons. The molecular formula is C14H30N2. The molecular weight excluding hydrogens is 196 g/mol. The molecule has 0 spiro atoms. The van der Waals surface area contributed by atoms with E-state index in [0.29, 0.717) is 5.41 Å². The summed E-state index contributed by atoms with van der Waals surface area (Å²) < 4.78 is 0. The molecule has 96 valence electrons. The fourth-order valence-electron chi connectivity index (χ4n) is 2.21. The van der Waals surface area contributed by atoms with Gasteiger partial charge in [-0.25, -0.2) is 0 Å². The normalized spacial score (nSPS) is 22.7. The van der Waals surface area contributed by atoms with Crippen LogP contribution in [0.5, 0.6) is 0 Å². The first-order valence-corrected chi connectivity index (χ1v) is 6.87. The van der Waals surface area contributed by atoms with Gasteiger partial charge in [-0.15, -0.1) is 0 Å². The third kappa shape index (κ3) is 6.49. The highest BCUT2D eigenvalue weighted by Gasteiger charge is 2.15. The molecule has 0 aromatic heterocycles. The lowest BCUT2D eigenvalue weighted by molar-refractivity contribution is 0.238. The van der Waals surface area contributed by atoms with E-state index >= 15 is 0 Å². The Bertz CT molecular complexity index is 178. The topological polar surface area (TPSA) is 15.3 Å². The Morgan fingerprint density at radius 2 is 2.00 bits per heavy atom. The predicted molar refractivity (Wildman–Crippen MR) is 71.8 cm³/mol. The minimum atomic E-state index is 0.473. The maximum Gasteiger partial charge on any atom is -0.00168 e. The average molecular weight is 226 g/mol. The number of hydrogen-bond donors (Lipinski definition) is 1. The molecule has 1 aliphatic heterocycles. The van der Waals surface area contributed by atoms with Gasteiger partial charge in [0.05, 0.1) is 0 Å². The first kappa shape index (κ1) is 14.0. The van der Waals surface area contributed by atoms with E-state index in [9.17, 15) is 0 Å². The molecule has 1 unspecified atom stereocenters. The zero-order valence-electron chi connectivity index (χ0n) is 11.7. The smallest absolute Gasteiger partial charge is 0.00168 e. The van der Waals surface area contributed by atoms with Crippen LogP contribution in [0.15, 0.2) is 0 Å². The lowest BCUT2D eigenvalue weighted by Gasteiger charge is -2.27. The lowest BCUT2D eigenvalue weighted by atomic mass is 9.92. The monoisotopic (exact) mass is 226 g/mol. The van der Waals surface area contributed by atoms with E-state index in [1.165, 1.54) is 51.9 Å². The molecule has 2 nitrogen and oxygen atoms in total. The standard InChI is InChI=1S/C14H30N2/c1-14(2,3)8-11-16(4)10-7-13-6-5-9-15-12-13/h13,15H,5-12H2,1-4H3. The highest BCUT2D eigenvalue weighted by molar-refractivity contribution is 4.71. The molecule has 1 aliphatic rings. The molecule has 0 bridgehead atoms. The van der Waals surface area contributed by atoms with E-state index in [1.807, 2.05) is 0 Å². The van der Waals surface area contributed by atoms with Crippen LogP contribution in [-0.4, -0.2) is 38.1 Å². The van der Waals surface area contributed by atoms with Gasteiger partial charge in [0.15, 0.2) is 0 Å². The van der Waals surface area contributed by atoms with Crippen molar-refractivity contribution in [2.45, 2.75) is 46.5 Å². The van der Waals surface area contributed by atoms with Gasteiger partial charge >= 0.3 is 0 Å². The van der Waals surface area contributed by atoms with Gasteiger partial charge in [0.25, 0.3) is 0 Å². The first-order chi connectivity index (χ1) is 7.47. The van der Waals surface area contributed by atoms with E-state index in [0.717, 1.165) is 5.92 Å². The molecule has 0 aromatic carbocycles. The van der Waals surface area contributed by atoms with E-state index in [1.54, 1.807) is 0 Å². The van der Waals surface area contributed by atoms with Crippen molar-refractivity contribution in [1.82, 2.24) is 10.2 Å². The van der Waals surface area contributed by atoms with Crippen molar-refractivity contribution < 1.29 is 0 Å². The van der Waals surface area contributed by atoms with Gasteiger partial charge in [-0.1, -0.05) is 20.8 Å². The minimum absolute atomic E-state index is 0.473. The van der Waals surface area contributed by atoms with Crippen molar-refractivity contribution in [3.63, 3.8) is 0 Å². The minimum Gasteiger partial charge on any atom is -0.316 e. The Balaban J connectivity index is 2.07. The van der Waals surface area contributed by atoms with E-state index in [2.05, 4.69) is 38.0 Å². The van der Waals surface area contributed by atoms with Crippen molar-refractivity contribution in [1.29, 1.82) is 0 Å². The van der Waals surface area contributed by atoms with E-state index in [4.69, 9.17) is 0 Å². The lowest BCUT2D eigenvalue weighted by Crippen LogP contribution is -2.33. The van der Waals surface area contributed by atoms with Crippen LogP contribution < -0.4 is 5.32 Å². The van der Waals surface area contributed by atoms with Crippen LogP contribution in [0.25, 0.3) is 0 Å². The van der Waals surface area contributed by atoms with Crippen molar-refractivity contribution in [2.75, 3.05) is 33.2 Å². The van der Waals surface area contributed by atoms with Crippen LogP contribution >= 0.6 is 0 Å². The van der Waals surface area contributed by atoms with Crippen LogP contribution in [-0.2, 0) is 0 Å². The van der Waals surface area contributed by atoms with Gasteiger partial charge in [-0.2, -0.15) is 0 Å². The van der Waals surface area contributed by atoms with Crippen molar-refractivity contribution >= 4 is 0 Å². The molecule has 1 rings (SSSR count). The first-order valence-electron chi connectivity index (χ1n) is 6.87. The van der Waals surface area contributed by atoms with Crippen LogP contribution in [0, 0.1) is 11.3 Å². The molecule has 1 fully saturated rings. The van der Waals surface area contributed by atoms with E-state index < -0.39 is 0 Å². The van der Waals surface area contributed by atoms with Gasteiger partial charge in [0.1, 0.15) is 0 Å². The highest BCUT2D eigenvalue weighted by Crippen LogP contribution is 2.19. The fourth-order valence-corrected chi connectivity index (χ4v) is 2.21. The molecule has 1 atom stereocenters. The SMILES string of the molecule is CN(CCC1CCCNC1)CCC(C)(C)C. The van der Waals surface area contributed by atoms with Crippen molar-refractivity contribution in [3.8, 4) is 0 Å². The summed E-state index contributed by atoms with van der Waals surface area (Å²) in [4.78, 5) is 2.50. The summed E-state index contributed by atoms with van der Waals surface area (Å²) in [7, 11) is 2.27. The fraction of sp³-hybridized carbons (Fsp3) is 1.00.